The highest BCUT2D eigenvalue weighted by atomic mass is 16.4. The van der Waals surface area contributed by atoms with Gasteiger partial charge in [0, 0.05) is 5.92 Å². The number of hydrogen-bond acceptors (Lipinski definition) is 4. The molecule has 5 nitrogen and oxygen atoms in total. The van der Waals surface area contributed by atoms with Gasteiger partial charge in [0.15, 0.2) is 0 Å². The molecule has 4 N–H and O–H groups in total. The fraction of sp³-hybridized carbons (Fsp3) is 0.957. The minimum atomic E-state index is -0.715. The zero-order valence-electron chi connectivity index (χ0n) is 18.2. The molecule has 1 aliphatic rings. The van der Waals surface area contributed by atoms with E-state index in [4.69, 9.17) is 5.11 Å². The summed E-state index contributed by atoms with van der Waals surface area (Å²) in [6.07, 6.45) is 9.09. The van der Waals surface area contributed by atoms with Crippen LogP contribution in [0.3, 0.4) is 0 Å². The van der Waals surface area contributed by atoms with Crippen molar-refractivity contribution in [1.82, 2.24) is 0 Å². The van der Waals surface area contributed by atoms with Crippen molar-refractivity contribution >= 4 is 5.97 Å². The van der Waals surface area contributed by atoms with Crippen molar-refractivity contribution < 1.29 is 25.2 Å². The van der Waals surface area contributed by atoms with Crippen LogP contribution in [0.1, 0.15) is 97.8 Å². The third-order valence-electron chi connectivity index (χ3n) is 6.84. The Morgan fingerprint density at radius 2 is 1.61 bits per heavy atom. The third-order valence-corrected chi connectivity index (χ3v) is 6.84. The van der Waals surface area contributed by atoms with Crippen LogP contribution in [-0.2, 0) is 4.79 Å². The number of hydrogen-bond donors (Lipinski definition) is 4. The van der Waals surface area contributed by atoms with Crippen molar-refractivity contribution in [3.8, 4) is 0 Å². The molecule has 0 heterocycles. The molecular weight excluding hydrogens is 356 g/mol. The lowest BCUT2D eigenvalue weighted by Gasteiger charge is -2.32. The zero-order valence-corrected chi connectivity index (χ0v) is 18.2. The van der Waals surface area contributed by atoms with Crippen LogP contribution in [0.25, 0.3) is 0 Å². The molecule has 0 aromatic carbocycles. The normalized spacial score (nSPS) is 28.2. The van der Waals surface area contributed by atoms with Gasteiger partial charge in [-0.1, -0.05) is 65.7 Å². The lowest BCUT2D eigenvalue weighted by atomic mass is 9.79. The molecule has 1 rings (SSSR count). The van der Waals surface area contributed by atoms with Crippen LogP contribution >= 0.6 is 0 Å². The molecule has 0 spiro atoms. The highest BCUT2D eigenvalue weighted by Gasteiger charge is 2.45. The summed E-state index contributed by atoms with van der Waals surface area (Å²) in [6, 6.07) is 0. The Labute approximate surface area is 171 Å². The van der Waals surface area contributed by atoms with E-state index in [2.05, 4.69) is 13.8 Å². The molecule has 0 saturated heterocycles. The topological polar surface area (TPSA) is 98.0 Å². The zero-order chi connectivity index (χ0) is 21.1. The summed E-state index contributed by atoms with van der Waals surface area (Å²) in [5, 5.41) is 40.8. The summed E-state index contributed by atoms with van der Waals surface area (Å²) in [5.74, 6) is -1.16. The van der Waals surface area contributed by atoms with E-state index >= 15 is 0 Å². The smallest absolute Gasteiger partial charge is 0.306 e. The van der Waals surface area contributed by atoms with Gasteiger partial charge in [-0.25, -0.2) is 0 Å². The largest absolute Gasteiger partial charge is 0.481 e. The van der Waals surface area contributed by atoms with E-state index in [0.29, 0.717) is 19.3 Å². The average Bonchev–Trinajstić information content (AvgIpc) is 2.93. The van der Waals surface area contributed by atoms with Gasteiger partial charge in [0.2, 0.25) is 0 Å². The van der Waals surface area contributed by atoms with Gasteiger partial charge in [0.1, 0.15) is 0 Å². The van der Waals surface area contributed by atoms with Gasteiger partial charge in [0.25, 0.3) is 0 Å². The molecule has 166 valence electrons. The number of aliphatic hydroxyl groups is 3. The van der Waals surface area contributed by atoms with Gasteiger partial charge in [-0.3, -0.25) is 4.79 Å². The molecule has 0 aromatic heterocycles. The first-order valence-electron chi connectivity index (χ1n) is 11.6. The SMILES string of the molecule is CCCCCCC(C)C(O)C1C(O)CC(O)C1CCCCCC(CC)C(=O)O. The van der Waals surface area contributed by atoms with Gasteiger partial charge in [-0.2, -0.15) is 0 Å². The van der Waals surface area contributed by atoms with E-state index in [0.717, 1.165) is 38.5 Å². The van der Waals surface area contributed by atoms with Crippen LogP contribution in [0.5, 0.6) is 0 Å². The number of unbranched alkanes of at least 4 members (excludes halogenated alkanes) is 5. The summed E-state index contributed by atoms with van der Waals surface area (Å²) in [4.78, 5) is 11.1. The Morgan fingerprint density at radius 3 is 2.21 bits per heavy atom. The van der Waals surface area contributed by atoms with E-state index in [1.165, 1.54) is 19.3 Å². The number of aliphatic hydroxyl groups excluding tert-OH is 3. The lowest BCUT2D eigenvalue weighted by Crippen LogP contribution is -2.37. The maximum Gasteiger partial charge on any atom is 0.306 e. The van der Waals surface area contributed by atoms with Crippen LogP contribution in [0.4, 0.5) is 0 Å². The first-order valence-corrected chi connectivity index (χ1v) is 11.6. The van der Waals surface area contributed by atoms with Crippen LogP contribution in [-0.4, -0.2) is 44.7 Å². The maximum absolute atomic E-state index is 11.1. The van der Waals surface area contributed by atoms with E-state index in [-0.39, 0.29) is 23.7 Å². The first kappa shape index (κ1) is 25.4. The van der Waals surface area contributed by atoms with Crippen molar-refractivity contribution in [2.45, 2.75) is 116 Å². The highest BCUT2D eigenvalue weighted by molar-refractivity contribution is 5.69. The Kier molecular flexibility index (Phi) is 12.3. The van der Waals surface area contributed by atoms with Crippen LogP contribution < -0.4 is 0 Å². The second-order valence-corrected chi connectivity index (χ2v) is 9.01. The fourth-order valence-electron chi connectivity index (χ4n) is 4.88. The molecule has 0 bridgehead atoms. The maximum atomic E-state index is 11.1. The number of rotatable bonds is 15. The van der Waals surface area contributed by atoms with Gasteiger partial charge in [0.05, 0.1) is 24.2 Å². The molecule has 7 atom stereocenters. The summed E-state index contributed by atoms with van der Waals surface area (Å²) >= 11 is 0. The second kappa shape index (κ2) is 13.6. The minimum absolute atomic E-state index is 0.0652. The molecule has 0 amide bonds. The molecule has 0 radical (unpaired) electrons. The van der Waals surface area contributed by atoms with E-state index in [1.54, 1.807) is 0 Å². The van der Waals surface area contributed by atoms with Crippen molar-refractivity contribution in [2.24, 2.45) is 23.7 Å². The molecule has 1 fully saturated rings. The molecule has 28 heavy (non-hydrogen) atoms. The summed E-state index contributed by atoms with van der Waals surface area (Å²) in [6.45, 7) is 6.15. The van der Waals surface area contributed by atoms with Crippen LogP contribution in [0.2, 0.25) is 0 Å². The summed E-state index contributed by atoms with van der Waals surface area (Å²) < 4.78 is 0. The minimum Gasteiger partial charge on any atom is -0.481 e. The molecule has 5 heteroatoms. The van der Waals surface area contributed by atoms with Gasteiger partial charge >= 0.3 is 5.97 Å². The van der Waals surface area contributed by atoms with Crippen LogP contribution in [0, 0.1) is 23.7 Å². The number of aliphatic carboxylic acids is 1. The third kappa shape index (κ3) is 8.00. The Morgan fingerprint density at radius 1 is 0.964 bits per heavy atom. The summed E-state index contributed by atoms with van der Waals surface area (Å²) in [7, 11) is 0. The fourth-order valence-corrected chi connectivity index (χ4v) is 4.88. The second-order valence-electron chi connectivity index (χ2n) is 9.01. The predicted octanol–water partition coefficient (Wildman–Crippen LogP) is 4.37. The Balaban J connectivity index is 2.46. The molecule has 1 aliphatic carbocycles. The van der Waals surface area contributed by atoms with Crippen molar-refractivity contribution in [3.05, 3.63) is 0 Å². The van der Waals surface area contributed by atoms with Crippen molar-refractivity contribution in [2.75, 3.05) is 0 Å². The number of carboxylic acid groups (broad SMARTS) is 1. The van der Waals surface area contributed by atoms with E-state index < -0.39 is 24.3 Å². The van der Waals surface area contributed by atoms with Crippen molar-refractivity contribution in [1.29, 1.82) is 0 Å². The van der Waals surface area contributed by atoms with E-state index in [1.807, 2.05) is 6.92 Å². The van der Waals surface area contributed by atoms with Crippen molar-refractivity contribution in [3.63, 3.8) is 0 Å². The molecule has 0 aliphatic heterocycles. The molecule has 7 unspecified atom stereocenters. The predicted molar refractivity (Wildman–Crippen MR) is 112 cm³/mol. The Bertz CT molecular complexity index is 427. The standard InChI is InChI=1S/C23H44O5/c1-4-6-7-9-12-16(3)22(26)21-18(19(24)15-20(21)25)14-11-8-10-13-17(5-2)23(27)28/h16-22,24-26H,4-15H2,1-3H3,(H,27,28). The van der Waals surface area contributed by atoms with Gasteiger partial charge in [-0.15, -0.1) is 0 Å². The van der Waals surface area contributed by atoms with Gasteiger partial charge < -0.3 is 20.4 Å². The molecular formula is C23H44O5. The monoisotopic (exact) mass is 400 g/mol. The Hall–Kier alpha value is -0.650. The molecule has 0 aromatic rings. The van der Waals surface area contributed by atoms with E-state index in [9.17, 15) is 20.1 Å². The quantitative estimate of drug-likeness (QED) is 0.306. The number of carboxylic acids is 1. The summed E-state index contributed by atoms with van der Waals surface area (Å²) in [5.41, 5.74) is 0. The highest BCUT2D eigenvalue weighted by Crippen LogP contribution is 2.40. The lowest BCUT2D eigenvalue weighted by molar-refractivity contribution is -0.142. The number of carbonyl (C=O) groups is 1. The first-order chi connectivity index (χ1) is 13.3. The van der Waals surface area contributed by atoms with Gasteiger partial charge in [-0.05, 0) is 43.9 Å². The average molecular weight is 401 g/mol. The molecule has 1 saturated carbocycles. The van der Waals surface area contributed by atoms with Crippen LogP contribution in [0.15, 0.2) is 0 Å².